The normalized spacial score (nSPS) is 11.3. The second-order valence-corrected chi connectivity index (χ2v) is 7.87. The SMILES string of the molecule is Cc1cccc(NC(=O)COC(=O)/C(C#N)=C/c2cc(C)n(CC(C)C)c2C)c1C. The summed E-state index contributed by atoms with van der Waals surface area (Å²) >= 11 is 0. The van der Waals surface area contributed by atoms with E-state index in [0.29, 0.717) is 11.6 Å². The quantitative estimate of drug-likeness (QED) is 0.417. The topological polar surface area (TPSA) is 84.1 Å². The van der Waals surface area contributed by atoms with Crippen LogP contribution in [0.25, 0.3) is 6.08 Å². The molecule has 0 aliphatic carbocycles. The molecule has 1 aromatic carbocycles. The van der Waals surface area contributed by atoms with E-state index >= 15 is 0 Å². The first-order chi connectivity index (χ1) is 14.1. The summed E-state index contributed by atoms with van der Waals surface area (Å²) in [6.45, 7) is 12.5. The van der Waals surface area contributed by atoms with Crippen molar-refractivity contribution in [3.8, 4) is 6.07 Å². The number of ether oxygens (including phenoxy) is 1. The maximum atomic E-state index is 12.3. The van der Waals surface area contributed by atoms with Gasteiger partial charge in [-0.3, -0.25) is 4.79 Å². The van der Waals surface area contributed by atoms with Gasteiger partial charge in [-0.2, -0.15) is 5.26 Å². The highest BCUT2D eigenvalue weighted by atomic mass is 16.5. The van der Waals surface area contributed by atoms with Gasteiger partial charge in [0.1, 0.15) is 11.6 Å². The second-order valence-electron chi connectivity index (χ2n) is 7.87. The minimum Gasteiger partial charge on any atom is -0.451 e. The molecule has 0 spiro atoms. The Hall–Kier alpha value is -3.33. The molecule has 0 bridgehead atoms. The largest absolute Gasteiger partial charge is 0.451 e. The maximum Gasteiger partial charge on any atom is 0.349 e. The van der Waals surface area contributed by atoms with Gasteiger partial charge in [0.2, 0.25) is 0 Å². The van der Waals surface area contributed by atoms with Crippen LogP contribution in [0, 0.1) is 44.9 Å². The number of aromatic nitrogens is 1. The number of anilines is 1. The molecule has 158 valence electrons. The number of nitrogens with zero attached hydrogens (tertiary/aromatic N) is 2. The van der Waals surface area contributed by atoms with E-state index in [9.17, 15) is 14.9 Å². The summed E-state index contributed by atoms with van der Waals surface area (Å²) < 4.78 is 7.23. The van der Waals surface area contributed by atoms with Gasteiger partial charge < -0.3 is 14.6 Å². The number of carbonyl (C=O) groups excluding carboxylic acids is 2. The fourth-order valence-corrected chi connectivity index (χ4v) is 3.19. The first-order valence-corrected chi connectivity index (χ1v) is 9.95. The Kier molecular flexibility index (Phi) is 7.60. The van der Waals surface area contributed by atoms with E-state index in [2.05, 4.69) is 23.7 Å². The number of benzene rings is 1. The van der Waals surface area contributed by atoms with Gasteiger partial charge in [0.15, 0.2) is 6.61 Å². The van der Waals surface area contributed by atoms with Gasteiger partial charge in [0.05, 0.1) is 0 Å². The first-order valence-electron chi connectivity index (χ1n) is 9.95. The van der Waals surface area contributed by atoms with Crippen molar-refractivity contribution in [3.05, 3.63) is 57.9 Å². The molecule has 1 heterocycles. The van der Waals surface area contributed by atoms with Crippen LogP contribution in [-0.4, -0.2) is 23.1 Å². The Bertz CT molecular complexity index is 1020. The molecule has 1 amide bonds. The zero-order valence-corrected chi connectivity index (χ0v) is 18.5. The highest BCUT2D eigenvalue weighted by Crippen LogP contribution is 2.20. The van der Waals surface area contributed by atoms with Crippen molar-refractivity contribution in [2.24, 2.45) is 5.92 Å². The van der Waals surface area contributed by atoms with E-state index in [0.717, 1.165) is 34.6 Å². The highest BCUT2D eigenvalue weighted by molar-refractivity contribution is 6.00. The molecule has 30 heavy (non-hydrogen) atoms. The zero-order valence-electron chi connectivity index (χ0n) is 18.5. The molecule has 6 heteroatoms. The van der Waals surface area contributed by atoms with Gasteiger partial charge in [-0.05, 0) is 68.5 Å². The van der Waals surface area contributed by atoms with E-state index in [-0.39, 0.29) is 5.57 Å². The standard InChI is InChI=1S/C24H29N3O3/c1-15(2)13-27-17(4)10-20(19(27)6)11-21(12-25)24(29)30-14-23(28)26-22-9-7-8-16(3)18(22)5/h7-11,15H,13-14H2,1-6H3,(H,26,28)/b21-11+. The molecule has 1 aromatic heterocycles. The minimum atomic E-state index is -0.817. The molecule has 2 aromatic rings. The van der Waals surface area contributed by atoms with Crippen LogP contribution < -0.4 is 5.32 Å². The number of nitriles is 1. The van der Waals surface area contributed by atoms with Crippen molar-refractivity contribution in [3.63, 3.8) is 0 Å². The number of aryl methyl sites for hydroxylation is 2. The molecule has 0 saturated carbocycles. The number of hydrogen-bond acceptors (Lipinski definition) is 4. The maximum absolute atomic E-state index is 12.3. The average molecular weight is 408 g/mol. The summed E-state index contributed by atoms with van der Waals surface area (Å²) in [5.41, 5.74) is 5.37. The molecule has 0 radical (unpaired) electrons. The Morgan fingerprint density at radius 2 is 1.93 bits per heavy atom. The van der Waals surface area contributed by atoms with Crippen molar-refractivity contribution in [2.45, 2.75) is 48.1 Å². The molecule has 6 nitrogen and oxygen atoms in total. The van der Waals surface area contributed by atoms with Crippen LogP contribution in [0.2, 0.25) is 0 Å². The fraction of sp³-hybridized carbons (Fsp3) is 0.375. The van der Waals surface area contributed by atoms with Gasteiger partial charge in [-0.25, -0.2) is 4.79 Å². The lowest BCUT2D eigenvalue weighted by Gasteiger charge is -2.12. The number of carbonyl (C=O) groups is 2. The van der Waals surface area contributed by atoms with Crippen LogP contribution in [0.4, 0.5) is 5.69 Å². The number of rotatable bonds is 7. The Balaban J connectivity index is 2.07. The third-order valence-corrected chi connectivity index (χ3v) is 5.01. The third-order valence-electron chi connectivity index (χ3n) is 5.01. The monoisotopic (exact) mass is 407 g/mol. The third kappa shape index (κ3) is 5.60. The predicted octanol–water partition coefficient (Wildman–Crippen LogP) is 4.47. The predicted molar refractivity (Wildman–Crippen MR) is 118 cm³/mol. The molecular weight excluding hydrogens is 378 g/mol. The molecule has 2 rings (SSSR count). The number of nitrogens with one attached hydrogen (secondary N) is 1. The van der Waals surface area contributed by atoms with Crippen LogP contribution >= 0.6 is 0 Å². The van der Waals surface area contributed by atoms with E-state index in [4.69, 9.17) is 4.74 Å². The number of amides is 1. The van der Waals surface area contributed by atoms with Crippen molar-refractivity contribution >= 4 is 23.6 Å². The highest BCUT2D eigenvalue weighted by Gasteiger charge is 2.16. The Morgan fingerprint density at radius 1 is 1.23 bits per heavy atom. The minimum absolute atomic E-state index is 0.140. The van der Waals surface area contributed by atoms with E-state index in [1.165, 1.54) is 6.08 Å². The lowest BCUT2D eigenvalue weighted by Crippen LogP contribution is -2.22. The van der Waals surface area contributed by atoms with Gasteiger partial charge in [0, 0.05) is 23.6 Å². The van der Waals surface area contributed by atoms with Gasteiger partial charge in [-0.1, -0.05) is 26.0 Å². The van der Waals surface area contributed by atoms with Gasteiger partial charge in [0.25, 0.3) is 5.91 Å². The Labute approximate surface area is 178 Å². The summed E-state index contributed by atoms with van der Waals surface area (Å²) in [5.74, 6) is -0.797. The van der Waals surface area contributed by atoms with Crippen LogP contribution in [0.3, 0.4) is 0 Å². The first kappa shape index (κ1) is 23.0. The van der Waals surface area contributed by atoms with Crippen molar-refractivity contribution < 1.29 is 14.3 Å². The average Bonchev–Trinajstić information content (AvgIpc) is 2.94. The molecule has 0 aliphatic rings. The van der Waals surface area contributed by atoms with E-state index in [1.807, 2.05) is 52.0 Å². The second kappa shape index (κ2) is 9.93. The number of esters is 1. The zero-order chi connectivity index (χ0) is 22.4. The van der Waals surface area contributed by atoms with Gasteiger partial charge in [-0.15, -0.1) is 0 Å². The van der Waals surface area contributed by atoms with E-state index in [1.54, 1.807) is 6.07 Å². The summed E-state index contributed by atoms with van der Waals surface area (Å²) in [5, 5.41) is 12.1. The molecular formula is C24H29N3O3. The molecule has 0 aliphatic heterocycles. The Morgan fingerprint density at radius 3 is 2.57 bits per heavy atom. The summed E-state index contributed by atoms with van der Waals surface area (Å²) in [4.78, 5) is 24.5. The molecule has 0 unspecified atom stereocenters. The van der Waals surface area contributed by atoms with E-state index < -0.39 is 18.5 Å². The van der Waals surface area contributed by atoms with Crippen LogP contribution in [0.15, 0.2) is 29.8 Å². The van der Waals surface area contributed by atoms with Crippen LogP contribution in [0.1, 0.15) is 41.9 Å². The smallest absolute Gasteiger partial charge is 0.349 e. The lowest BCUT2D eigenvalue weighted by atomic mass is 10.1. The fourth-order valence-electron chi connectivity index (χ4n) is 3.19. The molecule has 0 saturated heterocycles. The summed E-state index contributed by atoms with van der Waals surface area (Å²) in [7, 11) is 0. The van der Waals surface area contributed by atoms with Crippen molar-refractivity contribution in [1.82, 2.24) is 4.57 Å². The molecule has 0 atom stereocenters. The summed E-state index contributed by atoms with van der Waals surface area (Å²) in [6.07, 6.45) is 1.52. The van der Waals surface area contributed by atoms with Crippen molar-refractivity contribution in [2.75, 3.05) is 11.9 Å². The lowest BCUT2D eigenvalue weighted by molar-refractivity contribution is -0.142. The summed E-state index contributed by atoms with van der Waals surface area (Å²) in [6, 6.07) is 9.40. The van der Waals surface area contributed by atoms with Gasteiger partial charge >= 0.3 is 5.97 Å². The van der Waals surface area contributed by atoms with Crippen LogP contribution in [-0.2, 0) is 20.9 Å². The van der Waals surface area contributed by atoms with Crippen molar-refractivity contribution in [1.29, 1.82) is 5.26 Å². The number of hydrogen-bond donors (Lipinski definition) is 1. The molecule has 0 fully saturated rings. The molecule has 1 N–H and O–H groups in total. The van der Waals surface area contributed by atoms with Crippen LogP contribution in [0.5, 0.6) is 0 Å².